The molecule has 0 atom stereocenters. The summed E-state index contributed by atoms with van der Waals surface area (Å²) in [5, 5.41) is 9.90. The van der Waals surface area contributed by atoms with E-state index in [1.54, 1.807) is 20.1 Å². The van der Waals surface area contributed by atoms with Crippen molar-refractivity contribution in [1.82, 2.24) is 25.1 Å². The molecular formula is C20H24N6O3. The summed E-state index contributed by atoms with van der Waals surface area (Å²) in [4.78, 5) is 31.2. The summed E-state index contributed by atoms with van der Waals surface area (Å²) in [6.07, 6.45) is 1.30. The van der Waals surface area contributed by atoms with Crippen LogP contribution in [-0.4, -0.2) is 39.4 Å². The molecule has 2 amide bonds. The van der Waals surface area contributed by atoms with E-state index in [4.69, 9.17) is 4.74 Å². The third kappa shape index (κ3) is 5.22. The number of amides is 2. The zero-order chi connectivity index (χ0) is 20.8. The van der Waals surface area contributed by atoms with Crippen molar-refractivity contribution in [2.24, 2.45) is 0 Å². The highest BCUT2D eigenvalue weighted by Gasteiger charge is 2.13. The Hall–Kier alpha value is -3.62. The normalized spacial score (nSPS) is 10.6. The van der Waals surface area contributed by atoms with E-state index >= 15 is 0 Å². The Kier molecular flexibility index (Phi) is 6.28. The number of nitrogens with one attached hydrogen (secondary N) is 3. The number of ether oxygens (including phenoxy) is 1. The smallest absolute Gasteiger partial charge is 0.320 e. The highest BCUT2D eigenvalue weighted by molar-refractivity contribution is 5.88. The number of aromatic amines is 1. The lowest BCUT2D eigenvalue weighted by molar-refractivity contribution is 0.252. The molecule has 29 heavy (non-hydrogen) atoms. The van der Waals surface area contributed by atoms with E-state index in [0.717, 1.165) is 11.3 Å². The van der Waals surface area contributed by atoms with Crippen LogP contribution in [0.3, 0.4) is 0 Å². The van der Waals surface area contributed by atoms with Crippen molar-refractivity contribution in [3.8, 4) is 11.7 Å². The number of hydrogen-bond acceptors (Lipinski definition) is 5. The lowest BCUT2D eigenvalue weighted by atomic mass is 10.1. The van der Waals surface area contributed by atoms with Gasteiger partial charge in [0.1, 0.15) is 11.6 Å². The standard InChI is InChI=1S/C20H24N6O3/c1-4-15-12-18(27)24-19(22-15)26-17(11-13(2)25-26)23-20(28)21-10-9-14-5-7-16(29-3)8-6-14/h5-8,11-12H,4,9-10H2,1-3H3,(H2,21,23,28)(H,22,24,27). The number of rotatable bonds is 7. The molecular weight excluding hydrogens is 372 g/mol. The van der Waals surface area contributed by atoms with E-state index in [9.17, 15) is 9.59 Å². The summed E-state index contributed by atoms with van der Waals surface area (Å²) in [5.74, 6) is 1.47. The number of aromatic nitrogens is 4. The van der Waals surface area contributed by atoms with Crippen LogP contribution in [0.15, 0.2) is 41.2 Å². The van der Waals surface area contributed by atoms with Crippen LogP contribution in [-0.2, 0) is 12.8 Å². The molecule has 2 heterocycles. The van der Waals surface area contributed by atoms with Crippen molar-refractivity contribution < 1.29 is 9.53 Å². The van der Waals surface area contributed by atoms with Gasteiger partial charge in [-0.3, -0.25) is 15.1 Å². The van der Waals surface area contributed by atoms with Gasteiger partial charge in [0.15, 0.2) is 0 Å². The number of benzene rings is 1. The fourth-order valence-electron chi connectivity index (χ4n) is 2.80. The highest BCUT2D eigenvalue weighted by atomic mass is 16.5. The SMILES string of the molecule is CCc1cc(=O)[nH]c(-n2nc(C)cc2NC(=O)NCCc2ccc(OC)cc2)n1. The van der Waals surface area contributed by atoms with Crippen LogP contribution in [0, 0.1) is 6.92 Å². The molecule has 0 aliphatic heterocycles. The summed E-state index contributed by atoms with van der Waals surface area (Å²) >= 11 is 0. The number of carbonyl (C=O) groups is 1. The molecule has 3 N–H and O–H groups in total. The van der Waals surface area contributed by atoms with E-state index in [1.807, 2.05) is 31.2 Å². The zero-order valence-corrected chi connectivity index (χ0v) is 16.7. The van der Waals surface area contributed by atoms with Crippen LogP contribution in [0.2, 0.25) is 0 Å². The number of hydrogen-bond donors (Lipinski definition) is 3. The van der Waals surface area contributed by atoms with Gasteiger partial charge in [-0.15, -0.1) is 0 Å². The Morgan fingerprint density at radius 3 is 2.69 bits per heavy atom. The second kappa shape index (κ2) is 9.05. The Morgan fingerprint density at radius 2 is 2.00 bits per heavy atom. The molecule has 0 saturated heterocycles. The average Bonchev–Trinajstić information content (AvgIpc) is 3.08. The average molecular weight is 396 g/mol. The van der Waals surface area contributed by atoms with Crippen LogP contribution in [0.4, 0.5) is 10.6 Å². The molecule has 3 aromatic rings. The van der Waals surface area contributed by atoms with Gasteiger partial charge in [0, 0.05) is 24.4 Å². The maximum absolute atomic E-state index is 12.3. The van der Waals surface area contributed by atoms with Crippen molar-refractivity contribution in [3.05, 3.63) is 63.7 Å². The summed E-state index contributed by atoms with van der Waals surface area (Å²) in [6, 6.07) is 10.5. The predicted octanol–water partition coefficient (Wildman–Crippen LogP) is 2.20. The predicted molar refractivity (Wildman–Crippen MR) is 110 cm³/mol. The van der Waals surface area contributed by atoms with Crippen molar-refractivity contribution in [3.63, 3.8) is 0 Å². The largest absolute Gasteiger partial charge is 0.497 e. The monoisotopic (exact) mass is 396 g/mol. The maximum Gasteiger partial charge on any atom is 0.320 e. The fraction of sp³-hybridized carbons (Fsp3) is 0.300. The van der Waals surface area contributed by atoms with Crippen molar-refractivity contribution in [2.75, 3.05) is 19.0 Å². The second-order valence-corrected chi connectivity index (χ2v) is 6.48. The third-order valence-corrected chi connectivity index (χ3v) is 4.28. The van der Waals surface area contributed by atoms with Crippen LogP contribution >= 0.6 is 0 Å². The lowest BCUT2D eigenvalue weighted by Gasteiger charge is -2.10. The molecule has 1 aromatic carbocycles. The first-order chi connectivity index (χ1) is 14.0. The van der Waals surface area contributed by atoms with Crippen molar-refractivity contribution in [2.45, 2.75) is 26.7 Å². The number of anilines is 1. The molecule has 0 fully saturated rings. The number of methoxy groups -OCH3 is 1. The first kappa shape index (κ1) is 20.1. The van der Waals surface area contributed by atoms with E-state index in [0.29, 0.717) is 36.6 Å². The van der Waals surface area contributed by atoms with Crippen LogP contribution in [0.25, 0.3) is 5.95 Å². The van der Waals surface area contributed by atoms with E-state index < -0.39 is 0 Å². The van der Waals surface area contributed by atoms with E-state index in [1.165, 1.54) is 10.7 Å². The molecule has 9 heteroatoms. The number of nitrogens with zero attached hydrogens (tertiary/aromatic N) is 3. The minimum atomic E-state index is -0.367. The van der Waals surface area contributed by atoms with Gasteiger partial charge in [0.05, 0.1) is 12.8 Å². The minimum absolute atomic E-state index is 0.260. The minimum Gasteiger partial charge on any atom is -0.497 e. The first-order valence-electron chi connectivity index (χ1n) is 9.33. The topological polar surface area (TPSA) is 114 Å². The van der Waals surface area contributed by atoms with Crippen molar-refractivity contribution in [1.29, 1.82) is 0 Å². The Balaban J connectivity index is 1.65. The lowest BCUT2D eigenvalue weighted by Crippen LogP contribution is -2.31. The van der Waals surface area contributed by atoms with Gasteiger partial charge < -0.3 is 10.1 Å². The van der Waals surface area contributed by atoms with Gasteiger partial charge in [-0.05, 0) is 37.5 Å². The fourth-order valence-corrected chi connectivity index (χ4v) is 2.80. The van der Waals surface area contributed by atoms with Gasteiger partial charge in [0.2, 0.25) is 5.95 Å². The number of carbonyl (C=O) groups excluding carboxylic acids is 1. The van der Waals surface area contributed by atoms with Gasteiger partial charge in [-0.1, -0.05) is 19.1 Å². The van der Waals surface area contributed by atoms with Gasteiger partial charge >= 0.3 is 6.03 Å². The number of H-pyrrole nitrogens is 1. The molecule has 3 rings (SSSR count). The zero-order valence-electron chi connectivity index (χ0n) is 16.7. The summed E-state index contributed by atoms with van der Waals surface area (Å²) in [6.45, 7) is 4.17. The Labute approximate surface area is 168 Å². The maximum atomic E-state index is 12.3. The summed E-state index contributed by atoms with van der Waals surface area (Å²) in [5.41, 5.74) is 2.15. The van der Waals surface area contributed by atoms with Crippen LogP contribution in [0.5, 0.6) is 5.75 Å². The van der Waals surface area contributed by atoms with Gasteiger partial charge in [0.25, 0.3) is 5.56 Å². The number of aryl methyl sites for hydroxylation is 2. The molecule has 152 valence electrons. The molecule has 0 spiro atoms. The van der Waals surface area contributed by atoms with E-state index in [-0.39, 0.29) is 17.5 Å². The van der Waals surface area contributed by atoms with Gasteiger partial charge in [-0.25, -0.2) is 9.78 Å². The molecule has 0 aliphatic rings. The molecule has 2 aromatic heterocycles. The molecule has 0 radical (unpaired) electrons. The summed E-state index contributed by atoms with van der Waals surface area (Å²) < 4.78 is 6.55. The molecule has 9 nitrogen and oxygen atoms in total. The Morgan fingerprint density at radius 1 is 1.24 bits per heavy atom. The van der Waals surface area contributed by atoms with E-state index in [2.05, 4.69) is 25.7 Å². The second-order valence-electron chi connectivity index (χ2n) is 6.48. The molecule has 0 bridgehead atoms. The number of urea groups is 1. The first-order valence-corrected chi connectivity index (χ1v) is 9.33. The third-order valence-electron chi connectivity index (χ3n) is 4.28. The Bertz CT molecular complexity index is 1040. The van der Waals surface area contributed by atoms with Crippen LogP contribution < -0.4 is 20.9 Å². The molecule has 0 aliphatic carbocycles. The summed E-state index contributed by atoms with van der Waals surface area (Å²) in [7, 11) is 1.62. The quantitative estimate of drug-likeness (QED) is 0.566. The molecule has 0 saturated carbocycles. The molecule has 0 unspecified atom stereocenters. The van der Waals surface area contributed by atoms with Gasteiger partial charge in [-0.2, -0.15) is 9.78 Å². The van der Waals surface area contributed by atoms with Crippen molar-refractivity contribution >= 4 is 11.8 Å². The van der Waals surface area contributed by atoms with Crippen LogP contribution in [0.1, 0.15) is 23.9 Å². The highest BCUT2D eigenvalue weighted by Crippen LogP contribution is 2.14.